The van der Waals surface area contributed by atoms with Crippen molar-refractivity contribution in [3.05, 3.63) is 53.4 Å². The van der Waals surface area contributed by atoms with Gasteiger partial charge in [-0.3, -0.25) is 9.59 Å². The van der Waals surface area contributed by atoms with Gasteiger partial charge in [0.15, 0.2) is 0 Å². The molecule has 1 fully saturated rings. The van der Waals surface area contributed by atoms with Crippen LogP contribution < -0.4 is 5.32 Å². The Morgan fingerprint density at radius 1 is 1.30 bits per heavy atom. The summed E-state index contributed by atoms with van der Waals surface area (Å²) in [7, 11) is 0. The molecule has 0 saturated heterocycles. The summed E-state index contributed by atoms with van der Waals surface area (Å²) in [4.78, 5) is 23.6. The molecule has 6 heteroatoms. The SMILES string of the molecule is O=C(NCC(Cc1ccccc1)C(=O)O)c1conc1C1CC1. The number of benzene rings is 1. The summed E-state index contributed by atoms with van der Waals surface area (Å²) in [5.74, 6) is -1.63. The first-order chi connectivity index (χ1) is 11.1. The minimum absolute atomic E-state index is 0.0678. The summed E-state index contributed by atoms with van der Waals surface area (Å²) >= 11 is 0. The Hall–Kier alpha value is -2.63. The van der Waals surface area contributed by atoms with Gasteiger partial charge in [0, 0.05) is 12.5 Å². The smallest absolute Gasteiger partial charge is 0.308 e. The number of hydrogen-bond acceptors (Lipinski definition) is 4. The van der Waals surface area contributed by atoms with Crippen LogP contribution in [-0.2, 0) is 11.2 Å². The van der Waals surface area contributed by atoms with E-state index in [-0.39, 0.29) is 12.5 Å². The van der Waals surface area contributed by atoms with Crippen molar-refractivity contribution in [3.8, 4) is 0 Å². The molecule has 1 amide bonds. The lowest BCUT2D eigenvalue weighted by Gasteiger charge is -2.13. The van der Waals surface area contributed by atoms with E-state index >= 15 is 0 Å². The van der Waals surface area contributed by atoms with Gasteiger partial charge in [0.05, 0.1) is 11.6 Å². The predicted molar refractivity (Wildman–Crippen MR) is 82.1 cm³/mol. The highest BCUT2D eigenvalue weighted by Gasteiger charge is 2.32. The van der Waals surface area contributed by atoms with Gasteiger partial charge in [0.1, 0.15) is 11.8 Å². The lowest BCUT2D eigenvalue weighted by atomic mass is 9.99. The fourth-order valence-electron chi connectivity index (χ4n) is 2.52. The Bertz CT molecular complexity index is 692. The van der Waals surface area contributed by atoms with Crippen molar-refractivity contribution in [2.45, 2.75) is 25.2 Å². The molecule has 0 spiro atoms. The topological polar surface area (TPSA) is 92.4 Å². The van der Waals surface area contributed by atoms with Gasteiger partial charge < -0.3 is 14.9 Å². The van der Waals surface area contributed by atoms with Crippen LogP contribution in [0.4, 0.5) is 0 Å². The van der Waals surface area contributed by atoms with Gasteiger partial charge >= 0.3 is 5.97 Å². The number of hydrogen-bond donors (Lipinski definition) is 2. The molecule has 1 aliphatic rings. The van der Waals surface area contributed by atoms with E-state index in [0.717, 1.165) is 18.4 Å². The minimum atomic E-state index is -0.929. The average Bonchev–Trinajstić information content (AvgIpc) is 3.28. The first kappa shape index (κ1) is 15.3. The number of carbonyl (C=O) groups excluding carboxylic acids is 1. The van der Waals surface area contributed by atoms with E-state index in [2.05, 4.69) is 10.5 Å². The molecule has 0 aliphatic heterocycles. The molecule has 3 rings (SSSR count). The standard InChI is InChI=1S/C17H18N2O4/c20-16(14-10-23-19-15(14)12-6-7-12)18-9-13(17(21)22)8-11-4-2-1-3-5-11/h1-5,10,12-13H,6-9H2,(H,18,20)(H,21,22). The van der Waals surface area contributed by atoms with Crippen LogP contribution in [0.25, 0.3) is 0 Å². The van der Waals surface area contributed by atoms with Crippen LogP contribution in [0.15, 0.2) is 41.1 Å². The highest BCUT2D eigenvalue weighted by molar-refractivity contribution is 5.95. The molecular formula is C17H18N2O4. The number of carboxylic acid groups (broad SMARTS) is 1. The molecule has 1 aromatic carbocycles. The molecule has 1 unspecified atom stereocenters. The summed E-state index contributed by atoms with van der Waals surface area (Å²) in [6.07, 6.45) is 3.72. The molecule has 23 heavy (non-hydrogen) atoms. The molecule has 1 aromatic heterocycles. The van der Waals surface area contributed by atoms with E-state index in [0.29, 0.717) is 23.6 Å². The second-order valence-electron chi connectivity index (χ2n) is 5.82. The lowest BCUT2D eigenvalue weighted by molar-refractivity contribution is -0.141. The normalized spacial score (nSPS) is 15.1. The van der Waals surface area contributed by atoms with Gasteiger partial charge in [-0.25, -0.2) is 0 Å². The van der Waals surface area contributed by atoms with Gasteiger partial charge in [0.2, 0.25) is 0 Å². The summed E-state index contributed by atoms with van der Waals surface area (Å²) in [6, 6.07) is 9.37. The lowest BCUT2D eigenvalue weighted by Crippen LogP contribution is -2.34. The number of carboxylic acids is 1. The van der Waals surface area contributed by atoms with E-state index in [4.69, 9.17) is 4.52 Å². The maximum absolute atomic E-state index is 12.2. The van der Waals surface area contributed by atoms with Crippen LogP contribution in [-0.4, -0.2) is 28.7 Å². The number of rotatable bonds is 7. The number of aromatic nitrogens is 1. The Labute approximate surface area is 133 Å². The zero-order valence-electron chi connectivity index (χ0n) is 12.6. The van der Waals surface area contributed by atoms with Crippen molar-refractivity contribution in [1.29, 1.82) is 0 Å². The summed E-state index contributed by atoms with van der Waals surface area (Å²) < 4.78 is 4.89. The molecule has 2 N–H and O–H groups in total. The molecule has 1 heterocycles. The second kappa shape index (κ2) is 6.64. The van der Waals surface area contributed by atoms with Crippen LogP contribution in [0.1, 0.15) is 40.4 Å². The number of amides is 1. The zero-order valence-corrected chi connectivity index (χ0v) is 12.6. The van der Waals surface area contributed by atoms with E-state index < -0.39 is 11.9 Å². The first-order valence-corrected chi connectivity index (χ1v) is 7.64. The van der Waals surface area contributed by atoms with Gasteiger partial charge in [-0.05, 0) is 24.8 Å². The van der Waals surface area contributed by atoms with Crippen molar-refractivity contribution >= 4 is 11.9 Å². The molecule has 1 aliphatic carbocycles. The second-order valence-corrected chi connectivity index (χ2v) is 5.82. The Kier molecular flexibility index (Phi) is 4.41. The third-order valence-electron chi connectivity index (χ3n) is 3.99. The predicted octanol–water partition coefficient (Wildman–Crippen LogP) is 2.23. The van der Waals surface area contributed by atoms with E-state index in [9.17, 15) is 14.7 Å². The van der Waals surface area contributed by atoms with Gasteiger partial charge in [0.25, 0.3) is 5.91 Å². The largest absolute Gasteiger partial charge is 0.481 e. The number of aliphatic carboxylic acids is 1. The maximum Gasteiger partial charge on any atom is 0.308 e. The van der Waals surface area contributed by atoms with Crippen LogP contribution in [0.5, 0.6) is 0 Å². The fourth-order valence-corrected chi connectivity index (χ4v) is 2.52. The van der Waals surface area contributed by atoms with Crippen LogP contribution in [0.3, 0.4) is 0 Å². The van der Waals surface area contributed by atoms with Gasteiger partial charge in [-0.1, -0.05) is 35.5 Å². The maximum atomic E-state index is 12.2. The van der Waals surface area contributed by atoms with Crippen molar-refractivity contribution < 1.29 is 19.2 Å². The Morgan fingerprint density at radius 3 is 2.70 bits per heavy atom. The summed E-state index contributed by atoms with van der Waals surface area (Å²) in [5, 5.41) is 15.9. The van der Waals surface area contributed by atoms with Crippen molar-refractivity contribution in [2.24, 2.45) is 5.92 Å². The van der Waals surface area contributed by atoms with E-state index in [1.807, 2.05) is 30.3 Å². The third-order valence-corrected chi connectivity index (χ3v) is 3.99. The molecule has 0 radical (unpaired) electrons. The zero-order chi connectivity index (χ0) is 16.2. The highest BCUT2D eigenvalue weighted by atomic mass is 16.5. The molecule has 1 saturated carbocycles. The summed E-state index contributed by atoms with van der Waals surface area (Å²) in [6.45, 7) is 0.0678. The molecule has 120 valence electrons. The van der Waals surface area contributed by atoms with Crippen molar-refractivity contribution in [2.75, 3.05) is 6.54 Å². The Morgan fingerprint density at radius 2 is 2.04 bits per heavy atom. The highest BCUT2D eigenvalue weighted by Crippen LogP contribution is 2.40. The number of nitrogens with one attached hydrogen (secondary N) is 1. The van der Waals surface area contributed by atoms with Gasteiger partial charge in [-0.2, -0.15) is 0 Å². The van der Waals surface area contributed by atoms with Gasteiger partial charge in [-0.15, -0.1) is 0 Å². The molecular weight excluding hydrogens is 296 g/mol. The van der Waals surface area contributed by atoms with E-state index in [1.54, 1.807) is 0 Å². The van der Waals surface area contributed by atoms with E-state index in [1.165, 1.54) is 6.26 Å². The third kappa shape index (κ3) is 3.77. The fraction of sp³-hybridized carbons (Fsp3) is 0.353. The van der Waals surface area contributed by atoms with Crippen LogP contribution >= 0.6 is 0 Å². The Balaban J connectivity index is 1.61. The number of nitrogens with zero attached hydrogens (tertiary/aromatic N) is 1. The molecule has 2 aromatic rings. The molecule has 1 atom stereocenters. The monoisotopic (exact) mass is 314 g/mol. The number of carbonyl (C=O) groups is 2. The minimum Gasteiger partial charge on any atom is -0.481 e. The molecule has 6 nitrogen and oxygen atoms in total. The van der Waals surface area contributed by atoms with Crippen LogP contribution in [0.2, 0.25) is 0 Å². The van der Waals surface area contributed by atoms with Crippen molar-refractivity contribution in [3.63, 3.8) is 0 Å². The summed E-state index contributed by atoms with van der Waals surface area (Å²) in [5.41, 5.74) is 2.02. The first-order valence-electron chi connectivity index (χ1n) is 7.64. The average molecular weight is 314 g/mol. The van der Waals surface area contributed by atoms with Crippen LogP contribution in [0, 0.1) is 5.92 Å². The van der Waals surface area contributed by atoms with Crippen molar-refractivity contribution in [1.82, 2.24) is 10.5 Å². The molecule has 0 bridgehead atoms. The quantitative estimate of drug-likeness (QED) is 0.817.